The van der Waals surface area contributed by atoms with Crippen LogP contribution in [0.1, 0.15) is 16.7 Å². The maximum absolute atomic E-state index is 13.1. The smallest absolute Gasteiger partial charge is 0.343 e. The summed E-state index contributed by atoms with van der Waals surface area (Å²) in [4.78, 5) is 0. The molecule has 0 radical (unpaired) electrons. The van der Waals surface area contributed by atoms with Crippen molar-refractivity contribution in [1.82, 2.24) is 4.57 Å². The Hall–Kier alpha value is -3.22. The molecule has 0 saturated heterocycles. The highest BCUT2D eigenvalue weighted by atomic mass is 19.4. The lowest BCUT2D eigenvalue weighted by Crippen LogP contribution is -2.11. The first-order chi connectivity index (χ1) is 14.1. The average molecular weight is 419 g/mol. The lowest BCUT2D eigenvalue weighted by atomic mass is 9.98. The zero-order chi connectivity index (χ0) is 21.5. The van der Waals surface area contributed by atoms with Gasteiger partial charge in [-0.2, -0.15) is 26.3 Å². The Labute approximate surface area is 168 Å². The van der Waals surface area contributed by atoms with Crippen LogP contribution < -0.4 is 0 Å². The van der Waals surface area contributed by atoms with Gasteiger partial charge >= 0.3 is 12.4 Å². The fraction of sp³-hybridized carbons (Fsp3) is 0.130. The van der Waals surface area contributed by atoms with Crippen LogP contribution in [0.4, 0.5) is 26.3 Å². The Kier molecular flexibility index (Phi) is 4.84. The summed E-state index contributed by atoms with van der Waals surface area (Å²) in [6.07, 6.45) is -7.91. The van der Waals surface area contributed by atoms with Crippen LogP contribution in [0.25, 0.3) is 22.0 Å². The first-order valence-corrected chi connectivity index (χ1v) is 9.04. The Morgan fingerprint density at radius 1 is 0.633 bits per heavy atom. The van der Waals surface area contributed by atoms with Crippen molar-refractivity contribution in [2.75, 3.05) is 0 Å². The first-order valence-electron chi connectivity index (χ1n) is 9.04. The highest BCUT2D eigenvalue weighted by Crippen LogP contribution is 2.39. The van der Waals surface area contributed by atoms with Crippen molar-refractivity contribution in [2.24, 2.45) is 0 Å². The van der Waals surface area contributed by atoms with Crippen molar-refractivity contribution in [2.45, 2.75) is 18.9 Å². The number of aromatic nitrogens is 1. The molecular formula is C23H15F6N. The number of hydrogen-bond donors (Lipinski definition) is 0. The third-order valence-corrected chi connectivity index (χ3v) is 4.89. The van der Waals surface area contributed by atoms with E-state index in [4.69, 9.17) is 0 Å². The lowest BCUT2D eigenvalue weighted by molar-refractivity contribution is -0.143. The van der Waals surface area contributed by atoms with Gasteiger partial charge in [-0.05, 0) is 53.1 Å². The van der Waals surface area contributed by atoms with Gasteiger partial charge in [0, 0.05) is 23.6 Å². The van der Waals surface area contributed by atoms with Gasteiger partial charge in [-0.3, -0.25) is 0 Å². The summed E-state index contributed by atoms with van der Waals surface area (Å²) < 4.78 is 80.8. The fourth-order valence-electron chi connectivity index (χ4n) is 3.42. The van der Waals surface area contributed by atoms with Crippen molar-refractivity contribution in [3.8, 4) is 11.1 Å². The molecule has 7 heteroatoms. The normalized spacial score (nSPS) is 12.5. The van der Waals surface area contributed by atoms with E-state index in [0.717, 1.165) is 28.6 Å². The molecule has 0 aliphatic rings. The molecular weight excluding hydrogens is 404 g/mol. The molecule has 4 aromatic rings. The zero-order valence-electron chi connectivity index (χ0n) is 15.4. The molecule has 0 aliphatic carbocycles. The zero-order valence-corrected chi connectivity index (χ0v) is 15.4. The van der Waals surface area contributed by atoms with E-state index in [2.05, 4.69) is 0 Å². The van der Waals surface area contributed by atoms with Crippen LogP contribution in [-0.4, -0.2) is 4.57 Å². The van der Waals surface area contributed by atoms with Gasteiger partial charge in [-0.15, -0.1) is 0 Å². The number of fused-ring (bicyclic) bond motifs is 1. The van der Waals surface area contributed by atoms with Gasteiger partial charge in [0.1, 0.15) is 0 Å². The average Bonchev–Trinajstić information content (AvgIpc) is 3.09. The summed E-state index contributed by atoms with van der Waals surface area (Å²) in [5.41, 5.74) is -0.577. The second-order valence-corrected chi connectivity index (χ2v) is 7.00. The van der Waals surface area contributed by atoms with Crippen molar-refractivity contribution >= 4 is 10.9 Å². The lowest BCUT2D eigenvalue weighted by Gasteiger charge is -2.14. The molecule has 3 aromatic carbocycles. The van der Waals surface area contributed by atoms with E-state index in [0.29, 0.717) is 6.54 Å². The SMILES string of the molecule is FC(F)(F)c1cc(-c2ccc3c(ccn3Cc3ccccc3)c2)cc(C(F)(F)F)c1. The summed E-state index contributed by atoms with van der Waals surface area (Å²) in [7, 11) is 0. The van der Waals surface area contributed by atoms with Crippen LogP contribution in [-0.2, 0) is 18.9 Å². The predicted octanol–water partition coefficient (Wildman–Crippen LogP) is 7.39. The molecule has 0 fully saturated rings. The molecule has 1 nitrogen and oxygen atoms in total. The molecule has 4 rings (SSSR count). The molecule has 0 unspecified atom stereocenters. The second kappa shape index (κ2) is 7.23. The molecule has 30 heavy (non-hydrogen) atoms. The van der Waals surface area contributed by atoms with E-state index in [9.17, 15) is 26.3 Å². The number of rotatable bonds is 3. The third kappa shape index (κ3) is 4.06. The molecule has 0 saturated carbocycles. The standard InChI is InChI=1S/C23H15F6N/c24-22(25,26)19-11-18(12-20(13-19)23(27,28)29)16-6-7-21-17(10-16)8-9-30(21)14-15-4-2-1-3-5-15/h1-13H,14H2. The van der Waals surface area contributed by atoms with Gasteiger partial charge in [0.2, 0.25) is 0 Å². The van der Waals surface area contributed by atoms with Crippen molar-refractivity contribution in [3.05, 3.63) is 95.7 Å². The maximum atomic E-state index is 13.1. The van der Waals surface area contributed by atoms with E-state index in [-0.39, 0.29) is 17.2 Å². The molecule has 0 amide bonds. The molecule has 0 bridgehead atoms. The largest absolute Gasteiger partial charge is 0.416 e. The minimum atomic E-state index is -4.88. The van der Waals surface area contributed by atoms with Gasteiger partial charge in [0.15, 0.2) is 0 Å². The summed E-state index contributed by atoms with van der Waals surface area (Å²) in [6.45, 7) is 0.603. The van der Waals surface area contributed by atoms with Gasteiger partial charge < -0.3 is 4.57 Å². The molecule has 0 atom stereocenters. The molecule has 0 N–H and O–H groups in total. The van der Waals surface area contributed by atoms with Crippen LogP contribution in [0.15, 0.2) is 79.0 Å². The minimum Gasteiger partial charge on any atom is -0.343 e. The number of benzene rings is 3. The van der Waals surface area contributed by atoms with Gasteiger partial charge in [-0.1, -0.05) is 36.4 Å². The van der Waals surface area contributed by atoms with Crippen LogP contribution in [0.5, 0.6) is 0 Å². The monoisotopic (exact) mass is 419 g/mol. The van der Waals surface area contributed by atoms with Gasteiger partial charge in [-0.25, -0.2) is 0 Å². The highest BCUT2D eigenvalue weighted by Gasteiger charge is 2.37. The number of nitrogens with zero attached hydrogens (tertiary/aromatic N) is 1. The van der Waals surface area contributed by atoms with Crippen molar-refractivity contribution < 1.29 is 26.3 Å². The quantitative estimate of drug-likeness (QED) is 0.305. The van der Waals surface area contributed by atoms with Crippen molar-refractivity contribution in [1.29, 1.82) is 0 Å². The van der Waals surface area contributed by atoms with E-state index >= 15 is 0 Å². The Balaban J connectivity index is 1.76. The van der Waals surface area contributed by atoms with E-state index in [1.54, 1.807) is 24.3 Å². The van der Waals surface area contributed by atoms with Gasteiger partial charge in [0.05, 0.1) is 11.1 Å². The predicted molar refractivity (Wildman–Crippen MR) is 103 cm³/mol. The molecule has 1 aromatic heterocycles. The Morgan fingerprint density at radius 2 is 1.27 bits per heavy atom. The summed E-state index contributed by atoms with van der Waals surface area (Å²) in [5.74, 6) is 0. The molecule has 0 aliphatic heterocycles. The topological polar surface area (TPSA) is 4.93 Å². The highest BCUT2D eigenvalue weighted by molar-refractivity contribution is 5.86. The molecule has 1 heterocycles. The second-order valence-electron chi connectivity index (χ2n) is 7.00. The van der Waals surface area contributed by atoms with Crippen molar-refractivity contribution in [3.63, 3.8) is 0 Å². The summed E-state index contributed by atoms with van der Waals surface area (Å²) in [6, 6.07) is 18.0. The van der Waals surface area contributed by atoms with Gasteiger partial charge in [0.25, 0.3) is 0 Å². The van der Waals surface area contributed by atoms with E-state index in [1.165, 1.54) is 0 Å². The summed E-state index contributed by atoms with van der Waals surface area (Å²) >= 11 is 0. The number of halogens is 6. The number of hydrogen-bond acceptors (Lipinski definition) is 0. The number of alkyl halides is 6. The first kappa shape index (κ1) is 20.1. The Morgan fingerprint density at radius 3 is 1.87 bits per heavy atom. The van der Waals surface area contributed by atoms with E-state index in [1.807, 2.05) is 41.1 Å². The van der Waals surface area contributed by atoms with Crippen LogP contribution >= 0.6 is 0 Å². The fourth-order valence-corrected chi connectivity index (χ4v) is 3.42. The van der Waals surface area contributed by atoms with Crippen LogP contribution in [0, 0.1) is 0 Å². The third-order valence-electron chi connectivity index (χ3n) is 4.89. The molecule has 154 valence electrons. The van der Waals surface area contributed by atoms with E-state index < -0.39 is 23.5 Å². The van der Waals surface area contributed by atoms with Crippen LogP contribution in [0.3, 0.4) is 0 Å². The Bertz CT molecular complexity index is 1150. The maximum Gasteiger partial charge on any atom is 0.416 e. The summed E-state index contributed by atoms with van der Waals surface area (Å²) in [5, 5.41) is 0.731. The van der Waals surface area contributed by atoms with Crippen LogP contribution in [0.2, 0.25) is 0 Å². The molecule has 0 spiro atoms. The minimum absolute atomic E-state index is 0.130.